The smallest absolute Gasteiger partial charge is 0.265 e. The number of nitrogens with zero attached hydrogens (tertiary/aromatic N) is 2. The van der Waals surface area contributed by atoms with Gasteiger partial charge >= 0.3 is 0 Å². The minimum absolute atomic E-state index is 0.00268. The van der Waals surface area contributed by atoms with Gasteiger partial charge in [0.2, 0.25) is 23.4 Å². The van der Waals surface area contributed by atoms with Gasteiger partial charge in [0.05, 0.1) is 11.6 Å². The normalized spacial score (nSPS) is 16.4. The molecule has 4 N–H and O–H groups in total. The Balaban J connectivity index is 1.65. The predicted molar refractivity (Wildman–Crippen MR) is 141 cm³/mol. The molecule has 14 heteroatoms. The van der Waals surface area contributed by atoms with Crippen LogP contribution in [0.3, 0.4) is 0 Å². The number of hydrogen-bond donors (Lipinski definition) is 3. The molecule has 1 aliphatic heterocycles. The number of halogens is 4. The van der Waals surface area contributed by atoms with Crippen LogP contribution in [-0.2, 0) is 14.4 Å². The quantitative estimate of drug-likeness (QED) is 0.218. The summed E-state index contributed by atoms with van der Waals surface area (Å²) in [6, 6.07) is 0.644. The van der Waals surface area contributed by atoms with Gasteiger partial charge in [-0.3, -0.25) is 24.2 Å². The number of aromatic nitrogens is 2. The molecule has 1 saturated heterocycles. The fourth-order valence-electron chi connectivity index (χ4n) is 4.99. The second kappa shape index (κ2) is 12.6. The summed E-state index contributed by atoms with van der Waals surface area (Å²) in [6.45, 7) is 2.96. The average Bonchev–Trinajstić information content (AvgIpc) is 3.53. The number of ether oxygens (including phenoxy) is 1. The Morgan fingerprint density at radius 2 is 1.86 bits per heavy atom. The van der Waals surface area contributed by atoms with Crippen LogP contribution in [0.1, 0.15) is 49.6 Å². The van der Waals surface area contributed by atoms with Crippen molar-refractivity contribution in [3.8, 4) is 5.75 Å². The maximum absolute atomic E-state index is 14.1. The van der Waals surface area contributed by atoms with E-state index in [1.165, 1.54) is 23.0 Å². The van der Waals surface area contributed by atoms with Crippen molar-refractivity contribution < 1.29 is 41.5 Å². The number of primary amides is 1. The van der Waals surface area contributed by atoms with Crippen molar-refractivity contribution in [3.05, 3.63) is 59.6 Å². The van der Waals surface area contributed by atoms with Gasteiger partial charge in [-0.2, -0.15) is 8.78 Å². The Labute approximate surface area is 237 Å². The molecule has 1 fully saturated rings. The van der Waals surface area contributed by atoms with Crippen molar-refractivity contribution in [2.24, 2.45) is 17.6 Å². The summed E-state index contributed by atoms with van der Waals surface area (Å²) in [5, 5.41) is 5.77. The zero-order chi connectivity index (χ0) is 30.7. The van der Waals surface area contributed by atoms with Crippen molar-refractivity contribution in [1.82, 2.24) is 20.2 Å². The van der Waals surface area contributed by atoms with Gasteiger partial charge in [-0.05, 0) is 37.3 Å². The third kappa shape index (κ3) is 6.37. The molecule has 0 bridgehead atoms. The first kappa shape index (κ1) is 30.5. The van der Waals surface area contributed by atoms with Gasteiger partial charge in [-0.15, -0.1) is 0 Å². The molecule has 0 radical (unpaired) electrons. The number of nitrogens with two attached hydrogens (primary N) is 1. The van der Waals surface area contributed by atoms with Crippen LogP contribution >= 0.6 is 0 Å². The number of pyridine rings is 1. The van der Waals surface area contributed by atoms with Gasteiger partial charge in [0.25, 0.3) is 5.91 Å². The van der Waals surface area contributed by atoms with Crippen LogP contribution in [0.5, 0.6) is 5.75 Å². The molecule has 42 heavy (non-hydrogen) atoms. The Morgan fingerprint density at radius 3 is 2.45 bits per heavy atom. The van der Waals surface area contributed by atoms with Crippen LogP contribution in [0.2, 0.25) is 0 Å². The Bertz CT molecular complexity index is 1520. The van der Waals surface area contributed by atoms with Gasteiger partial charge in [0, 0.05) is 36.3 Å². The van der Waals surface area contributed by atoms with Crippen molar-refractivity contribution in [2.75, 3.05) is 13.2 Å². The largest absolute Gasteiger partial charge is 0.479 e. The van der Waals surface area contributed by atoms with Crippen LogP contribution < -0.4 is 21.1 Å². The number of fused-ring (bicyclic) bond motifs is 1. The summed E-state index contributed by atoms with van der Waals surface area (Å²) in [7, 11) is 0. The van der Waals surface area contributed by atoms with Gasteiger partial charge in [-0.1, -0.05) is 13.8 Å². The molecule has 1 aliphatic rings. The first-order chi connectivity index (χ1) is 19.9. The monoisotopic (exact) mass is 591 g/mol. The highest BCUT2D eigenvalue weighted by Crippen LogP contribution is 2.29. The number of carbonyl (C=O) groups excluding carboxylic acids is 4. The molecule has 3 atom stereocenters. The Hall–Kier alpha value is -4.49. The number of ketones is 1. The van der Waals surface area contributed by atoms with E-state index in [0.717, 1.165) is 0 Å². The molecule has 224 valence electrons. The van der Waals surface area contributed by atoms with E-state index in [4.69, 9.17) is 10.5 Å². The van der Waals surface area contributed by atoms with Gasteiger partial charge in [0.15, 0.2) is 23.2 Å². The molecular formula is C28H29F4N5O5. The zero-order valence-corrected chi connectivity index (χ0v) is 22.8. The van der Waals surface area contributed by atoms with E-state index >= 15 is 0 Å². The maximum atomic E-state index is 14.1. The zero-order valence-electron chi connectivity index (χ0n) is 22.8. The lowest BCUT2D eigenvalue weighted by Crippen LogP contribution is -2.47. The van der Waals surface area contributed by atoms with E-state index in [1.807, 2.05) is 13.8 Å². The molecule has 2 aromatic heterocycles. The van der Waals surface area contributed by atoms with Gasteiger partial charge < -0.3 is 25.7 Å². The number of Topliss-reactive ketones (excluding diaryl/α,β-unsaturated/α-hetero) is 1. The van der Waals surface area contributed by atoms with Crippen LogP contribution in [0.15, 0.2) is 30.6 Å². The molecule has 0 saturated carbocycles. The highest BCUT2D eigenvalue weighted by molar-refractivity contribution is 5.99. The minimum Gasteiger partial charge on any atom is -0.479 e. The molecule has 3 amide bonds. The maximum Gasteiger partial charge on any atom is 0.265 e. The molecule has 3 heterocycles. The number of carbonyl (C=O) groups is 4. The first-order valence-electron chi connectivity index (χ1n) is 13.2. The van der Waals surface area contributed by atoms with E-state index in [-0.39, 0.29) is 36.4 Å². The number of amides is 3. The van der Waals surface area contributed by atoms with Crippen molar-refractivity contribution in [2.45, 2.75) is 45.2 Å². The first-order valence-corrected chi connectivity index (χ1v) is 13.2. The average molecular weight is 592 g/mol. The number of benzene rings is 1. The van der Waals surface area contributed by atoms with Crippen LogP contribution in [0, 0.1) is 35.1 Å². The third-order valence-corrected chi connectivity index (χ3v) is 7.02. The molecule has 4 rings (SSSR count). The second-order valence-electron chi connectivity index (χ2n) is 10.5. The minimum atomic E-state index is -1.83. The highest BCUT2D eigenvalue weighted by atomic mass is 19.2. The fourth-order valence-corrected chi connectivity index (χ4v) is 4.99. The molecule has 0 unspecified atom stereocenters. The summed E-state index contributed by atoms with van der Waals surface area (Å²) in [5.74, 6) is -12.1. The van der Waals surface area contributed by atoms with E-state index in [9.17, 15) is 36.7 Å². The number of nitrogens with one attached hydrogen (secondary N) is 2. The molecule has 10 nitrogen and oxygen atoms in total. The molecule has 0 aliphatic carbocycles. The lowest BCUT2D eigenvalue weighted by molar-refractivity contribution is -0.132. The van der Waals surface area contributed by atoms with E-state index in [1.54, 1.807) is 6.07 Å². The van der Waals surface area contributed by atoms with E-state index < -0.39 is 71.2 Å². The SMILES string of the molecule is CC(C)C[C@@H](C(=O)N[C@@H](C[C@@H]1CCNC1=O)C(=O)COc1c(F)c(F)cc(F)c1F)n1c(C(N)=O)cc2cnccc21. The molecule has 3 aromatic rings. The Morgan fingerprint density at radius 1 is 1.17 bits per heavy atom. The summed E-state index contributed by atoms with van der Waals surface area (Å²) >= 11 is 0. The van der Waals surface area contributed by atoms with E-state index in [2.05, 4.69) is 15.6 Å². The molecule has 1 aromatic carbocycles. The number of hydrogen-bond acceptors (Lipinski definition) is 6. The van der Waals surface area contributed by atoms with Crippen LogP contribution in [-0.4, -0.2) is 52.2 Å². The Kier molecular flexibility index (Phi) is 9.12. The standard InChI is InChI=1S/C28H29F4N5O5/c1-13(2)7-21(37-19-4-5-34-11-15(19)9-20(37)26(33)39)28(41)36-18(8-14-3-6-35-27(14)40)22(38)12-42-25-23(31)16(29)10-17(30)24(25)32/h4-5,9-11,13-14,18,21H,3,6-8,12H2,1-2H3,(H2,33,39)(H,35,40)(H,36,41)/t14-,18-,21-/m0/s1. The van der Waals surface area contributed by atoms with Crippen LogP contribution in [0.25, 0.3) is 10.9 Å². The summed E-state index contributed by atoms with van der Waals surface area (Å²) in [4.78, 5) is 55.8. The van der Waals surface area contributed by atoms with Gasteiger partial charge in [0.1, 0.15) is 18.3 Å². The third-order valence-electron chi connectivity index (χ3n) is 7.02. The number of rotatable bonds is 12. The second-order valence-corrected chi connectivity index (χ2v) is 10.5. The summed E-state index contributed by atoms with van der Waals surface area (Å²) in [6.07, 6.45) is 3.35. The highest BCUT2D eigenvalue weighted by Gasteiger charge is 2.35. The van der Waals surface area contributed by atoms with Gasteiger partial charge in [-0.25, -0.2) is 8.78 Å². The predicted octanol–water partition coefficient (Wildman–Crippen LogP) is 2.94. The van der Waals surface area contributed by atoms with Crippen molar-refractivity contribution in [1.29, 1.82) is 0 Å². The molecule has 0 spiro atoms. The topological polar surface area (TPSA) is 145 Å². The molecular weight excluding hydrogens is 562 g/mol. The van der Waals surface area contributed by atoms with E-state index in [0.29, 0.717) is 23.9 Å². The lowest BCUT2D eigenvalue weighted by atomic mass is 9.95. The van der Waals surface area contributed by atoms with Crippen LogP contribution in [0.4, 0.5) is 17.6 Å². The summed E-state index contributed by atoms with van der Waals surface area (Å²) in [5.41, 5.74) is 6.13. The fraction of sp³-hybridized carbons (Fsp3) is 0.393. The lowest BCUT2D eigenvalue weighted by Gasteiger charge is -2.27. The van der Waals surface area contributed by atoms with Crippen molar-refractivity contribution >= 4 is 34.4 Å². The summed E-state index contributed by atoms with van der Waals surface area (Å²) < 4.78 is 61.8. The van der Waals surface area contributed by atoms with Crippen molar-refractivity contribution in [3.63, 3.8) is 0 Å².